The Kier molecular flexibility index (Phi) is 8.75. The molecule has 4 aromatic carbocycles. The number of Topliss-reactive ketones (excluding diaryl/α,β-unsaturated/α-hetero) is 1. The number of ether oxygens (including phenoxy) is 3. The summed E-state index contributed by atoms with van der Waals surface area (Å²) in [6, 6.07) is 22.6. The molecule has 12 nitrogen and oxygen atoms in total. The number of rotatable bonds is 11. The molecule has 45 heavy (non-hydrogen) atoms. The number of hydrogen-bond acceptors (Lipinski definition) is 10. The van der Waals surface area contributed by atoms with Crippen LogP contribution in [-0.2, 0) is 16.0 Å². The summed E-state index contributed by atoms with van der Waals surface area (Å²) in [6.07, 6.45) is -0.152. The summed E-state index contributed by atoms with van der Waals surface area (Å²) in [5.41, 5.74) is -0.201. The first-order valence-corrected chi connectivity index (χ1v) is 13.5. The van der Waals surface area contributed by atoms with Crippen molar-refractivity contribution in [3.05, 3.63) is 135 Å². The fraction of sp³-hybridized carbons (Fsp3) is 0.121. The van der Waals surface area contributed by atoms with E-state index in [0.717, 1.165) is 6.07 Å². The molecular formula is C33H24N2O10. The van der Waals surface area contributed by atoms with Gasteiger partial charge in [-0.25, -0.2) is 9.59 Å². The number of nitro groups is 1. The van der Waals surface area contributed by atoms with Crippen LogP contribution in [0.15, 0.2) is 97.1 Å². The molecule has 4 aromatic rings. The Morgan fingerprint density at radius 3 is 2.22 bits per heavy atom. The molecule has 0 aliphatic carbocycles. The van der Waals surface area contributed by atoms with E-state index in [0.29, 0.717) is 16.2 Å². The first-order valence-electron chi connectivity index (χ1n) is 13.5. The summed E-state index contributed by atoms with van der Waals surface area (Å²) in [5, 5.41) is 11.6. The van der Waals surface area contributed by atoms with Crippen LogP contribution < -0.4 is 9.47 Å². The van der Waals surface area contributed by atoms with Gasteiger partial charge in [-0.15, -0.1) is 0 Å². The number of nitro benzene ring substituents is 1. The second kappa shape index (κ2) is 13.0. The van der Waals surface area contributed by atoms with Gasteiger partial charge in [0.1, 0.15) is 23.1 Å². The molecule has 226 valence electrons. The van der Waals surface area contributed by atoms with Gasteiger partial charge < -0.3 is 14.2 Å². The van der Waals surface area contributed by atoms with E-state index in [1.54, 1.807) is 48.5 Å². The number of fused-ring (bicyclic) bond motifs is 1. The van der Waals surface area contributed by atoms with Crippen LogP contribution in [0.4, 0.5) is 5.69 Å². The minimum absolute atomic E-state index is 0.139. The highest BCUT2D eigenvalue weighted by Crippen LogP contribution is 2.33. The molecule has 0 saturated carbocycles. The van der Waals surface area contributed by atoms with Crippen molar-refractivity contribution in [1.82, 2.24) is 4.90 Å². The van der Waals surface area contributed by atoms with Crippen molar-refractivity contribution in [2.45, 2.75) is 12.5 Å². The van der Waals surface area contributed by atoms with E-state index in [1.807, 2.05) is 0 Å². The number of carbonyl (C=O) groups is 5. The smallest absolute Gasteiger partial charge is 0.343 e. The zero-order valence-corrected chi connectivity index (χ0v) is 23.7. The molecule has 0 radical (unpaired) electrons. The van der Waals surface area contributed by atoms with E-state index in [4.69, 9.17) is 14.2 Å². The Balaban J connectivity index is 1.29. The maximum absolute atomic E-state index is 13.4. The monoisotopic (exact) mass is 608 g/mol. The third kappa shape index (κ3) is 6.44. The van der Waals surface area contributed by atoms with Crippen molar-refractivity contribution in [1.29, 1.82) is 0 Å². The van der Waals surface area contributed by atoms with Crippen molar-refractivity contribution in [2.75, 3.05) is 13.7 Å². The number of ketones is 1. The molecule has 1 atom stereocenters. The van der Waals surface area contributed by atoms with E-state index >= 15 is 0 Å². The minimum Gasteiger partial charge on any atom is -0.497 e. The first kappa shape index (κ1) is 30.3. The predicted octanol–water partition coefficient (Wildman–Crippen LogP) is 4.46. The normalized spacial score (nSPS) is 12.7. The largest absolute Gasteiger partial charge is 0.497 e. The molecular weight excluding hydrogens is 584 g/mol. The van der Waals surface area contributed by atoms with Gasteiger partial charge in [-0.3, -0.25) is 29.4 Å². The number of carbonyl (C=O) groups excluding carboxylic acids is 5. The number of imide groups is 1. The molecule has 12 heteroatoms. The summed E-state index contributed by atoms with van der Waals surface area (Å²) in [4.78, 5) is 76.8. The first-order chi connectivity index (χ1) is 21.7. The maximum Gasteiger partial charge on any atom is 0.343 e. The second-order valence-electron chi connectivity index (χ2n) is 9.82. The lowest BCUT2D eigenvalue weighted by atomic mass is 10.0. The second-order valence-corrected chi connectivity index (χ2v) is 9.82. The van der Waals surface area contributed by atoms with Crippen LogP contribution in [0.1, 0.15) is 47.0 Å². The van der Waals surface area contributed by atoms with Crippen LogP contribution in [0.25, 0.3) is 0 Å². The van der Waals surface area contributed by atoms with Gasteiger partial charge in [-0.1, -0.05) is 42.5 Å². The van der Waals surface area contributed by atoms with Gasteiger partial charge in [0.25, 0.3) is 17.5 Å². The third-order valence-electron chi connectivity index (χ3n) is 7.01. The number of esters is 2. The van der Waals surface area contributed by atoms with Gasteiger partial charge >= 0.3 is 11.9 Å². The highest BCUT2D eigenvalue weighted by molar-refractivity contribution is 6.24. The Labute approximate surface area is 255 Å². The van der Waals surface area contributed by atoms with Gasteiger partial charge in [0.2, 0.25) is 0 Å². The van der Waals surface area contributed by atoms with Gasteiger partial charge in [0.15, 0.2) is 12.4 Å². The number of nitrogens with zero attached hydrogens (tertiary/aromatic N) is 2. The van der Waals surface area contributed by atoms with Crippen LogP contribution in [0.2, 0.25) is 0 Å². The Bertz CT molecular complexity index is 1820. The lowest BCUT2D eigenvalue weighted by molar-refractivity contribution is -0.385. The van der Waals surface area contributed by atoms with Gasteiger partial charge in [-0.05, 0) is 54.1 Å². The number of hydrogen-bond donors (Lipinski definition) is 0. The highest BCUT2D eigenvalue weighted by atomic mass is 16.6. The number of amides is 2. The molecule has 0 aromatic heterocycles. The lowest BCUT2D eigenvalue weighted by Crippen LogP contribution is -2.47. The molecule has 2 amide bonds. The molecule has 0 bridgehead atoms. The van der Waals surface area contributed by atoms with E-state index in [9.17, 15) is 34.1 Å². The van der Waals surface area contributed by atoms with E-state index in [2.05, 4.69) is 0 Å². The van der Waals surface area contributed by atoms with Crippen LogP contribution in [0.3, 0.4) is 0 Å². The van der Waals surface area contributed by atoms with Crippen LogP contribution in [0.5, 0.6) is 11.5 Å². The lowest BCUT2D eigenvalue weighted by Gasteiger charge is -2.24. The topological polar surface area (TPSA) is 159 Å². The fourth-order valence-corrected chi connectivity index (χ4v) is 4.78. The van der Waals surface area contributed by atoms with Crippen molar-refractivity contribution in [3.63, 3.8) is 0 Å². The molecule has 0 spiro atoms. The summed E-state index contributed by atoms with van der Waals surface area (Å²) in [7, 11) is 1.47. The third-order valence-corrected chi connectivity index (χ3v) is 7.01. The Morgan fingerprint density at radius 2 is 1.53 bits per heavy atom. The molecule has 1 unspecified atom stereocenters. The predicted molar refractivity (Wildman–Crippen MR) is 157 cm³/mol. The number of methoxy groups -OCH3 is 1. The highest BCUT2D eigenvalue weighted by Gasteiger charge is 2.47. The Morgan fingerprint density at radius 1 is 0.822 bits per heavy atom. The summed E-state index contributed by atoms with van der Waals surface area (Å²) >= 11 is 0. The van der Waals surface area contributed by atoms with Gasteiger partial charge in [-0.2, -0.15) is 0 Å². The van der Waals surface area contributed by atoms with E-state index in [1.165, 1.54) is 49.6 Å². The van der Waals surface area contributed by atoms with E-state index in [-0.39, 0.29) is 28.9 Å². The van der Waals surface area contributed by atoms with Gasteiger partial charge in [0.05, 0.1) is 23.2 Å². The average molecular weight is 609 g/mol. The molecule has 1 aliphatic rings. The molecule has 1 heterocycles. The quantitative estimate of drug-likeness (QED) is 0.0594. The fourth-order valence-electron chi connectivity index (χ4n) is 4.78. The van der Waals surface area contributed by atoms with Crippen LogP contribution in [-0.4, -0.2) is 59.1 Å². The minimum atomic E-state index is -1.51. The van der Waals surface area contributed by atoms with E-state index < -0.39 is 58.4 Å². The summed E-state index contributed by atoms with van der Waals surface area (Å²) < 4.78 is 15.7. The van der Waals surface area contributed by atoms with Crippen molar-refractivity contribution < 1.29 is 43.1 Å². The molecule has 5 rings (SSSR count). The SMILES string of the molecule is COc1cccc(C(=O)Oc2ccc(C(=O)COC(=O)C(Cc3ccccc3)N3C(=O)c4cccc([N+](=O)[O-])c4C3=O)cc2)c1. The van der Waals surface area contributed by atoms with Crippen molar-refractivity contribution >= 4 is 35.2 Å². The van der Waals surface area contributed by atoms with Crippen molar-refractivity contribution in [2.24, 2.45) is 0 Å². The Hall–Kier alpha value is -6.17. The zero-order chi connectivity index (χ0) is 32.1. The molecule has 0 N–H and O–H groups in total. The van der Waals surface area contributed by atoms with Crippen LogP contribution in [0, 0.1) is 10.1 Å². The molecule has 0 saturated heterocycles. The standard InChI is InChI=1S/C33H24N2O10/c1-43-24-10-5-9-22(18-24)32(39)45-23-15-13-21(14-16-23)28(36)19-44-33(40)27(17-20-7-3-2-4-8-20)34-30(37)25-11-6-12-26(35(41)42)29(25)31(34)38/h2-16,18,27H,17,19H2,1H3. The average Bonchev–Trinajstić information content (AvgIpc) is 3.32. The van der Waals surface area contributed by atoms with Gasteiger partial charge in [0, 0.05) is 18.1 Å². The van der Waals surface area contributed by atoms with Crippen LogP contribution >= 0.6 is 0 Å². The molecule has 1 aliphatic heterocycles. The summed E-state index contributed by atoms with van der Waals surface area (Å²) in [6.45, 7) is -0.726. The van der Waals surface area contributed by atoms with Crippen molar-refractivity contribution in [3.8, 4) is 11.5 Å². The number of benzene rings is 4. The molecule has 0 fully saturated rings. The maximum atomic E-state index is 13.4. The summed E-state index contributed by atoms with van der Waals surface area (Å²) in [5.74, 6) is -3.54. The zero-order valence-electron chi connectivity index (χ0n) is 23.7.